The van der Waals surface area contributed by atoms with Gasteiger partial charge in [0.15, 0.2) is 0 Å². The molecule has 1 aliphatic heterocycles. The van der Waals surface area contributed by atoms with Crippen LogP contribution in [0.4, 0.5) is 5.69 Å². The van der Waals surface area contributed by atoms with Crippen LogP contribution in [0.3, 0.4) is 0 Å². The highest BCUT2D eigenvalue weighted by molar-refractivity contribution is 9.10. The molecule has 1 heterocycles. The molecule has 0 amide bonds. The van der Waals surface area contributed by atoms with Gasteiger partial charge in [0.2, 0.25) is 0 Å². The molecule has 0 spiro atoms. The summed E-state index contributed by atoms with van der Waals surface area (Å²) < 4.78 is 2.13. The highest BCUT2D eigenvalue weighted by atomic mass is 79.9. The molecule has 1 aliphatic rings. The Morgan fingerprint density at radius 3 is 2.14 bits per heavy atom. The third-order valence-electron chi connectivity index (χ3n) is 5.06. The van der Waals surface area contributed by atoms with E-state index in [4.69, 9.17) is 4.99 Å². The van der Waals surface area contributed by atoms with Crippen molar-refractivity contribution in [1.29, 1.82) is 0 Å². The van der Waals surface area contributed by atoms with Gasteiger partial charge in [-0.1, -0.05) is 86.5 Å². The molecule has 4 heteroatoms. The Morgan fingerprint density at radius 1 is 0.714 bits per heavy atom. The maximum atomic E-state index is 5.15. The normalized spacial score (nSPS) is 15.6. The molecule has 0 radical (unpaired) electrons. The Morgan fingerprint density at radius 2 is 1.39 bits per heavy atom. The van der Waals surface area contributed by atoms with Crippen LogP contribution in [0.25, 0.3) is 10.8 Å². The first-order chi connectivity index (χ1) is 13.7. The first-order valence-corrected chi connectivity index (χ1v) is 10.7. The van der Waals surface area contributed by atoms with Crippen LogP contribution in [-0.2, 0) is 0 Å². The zero-order chi connectivity index (χ0) is 19.1. The van der Waals surface area contributed by atoms with Crippen LogP contribution in [0.2, 0.25) is 0 Å². The van der Waals surface area contributed by atoms with Crippen molar-refractivity contribution in [3.63, 3.8) is 0 Å². The van der Waals surface area contributed by atoms with E-state index in [9.17, 15) is 0 Å². The van der Waals surface area contributed by atoms with Crippen LogP contribution in [0.1, 0.15) is 22.7 Å². The summed E-state index contributed by atoms with van der Waals surface area (Å²) in [4.78, 5) is 5.15. The van der Waals surface area contributed by atoms with E-state index >= 15 is 0 Å². The van der Waals surface area contributed by atoms with Crippen molar-refractivity contribution < 1.29 is 0 Å². The maximum Gasteiger partial charge on any atom is 0.133 e. The molecule has 1 atom stereocenters. The van der Waals surface area contributed by atoms with E-state index in [0.717, 1.165) is 26.0 Å². The van der Waals surface area contributed by atoms with E-state index < -0.39 is 0 Å². The van der Waals surface area contributed by atoms with Crippen molar-refractivity contribution >= 4 is 54.2 Å². The van der Waals surface area contributed by atoms with E-state index in [1.807, 2.05) is 12.1 Å². The molecule has 136 valence electrons. The second kappa shape index (κ2) is 7.19. The molecule has 0 fully saturated rings. The van der Waals surface area contributed by atoms with Gasteiger partial charge in [0.25, 0.3) is 0 Å². The Hall–Kier alpha value is -2.43. The number of aliphatic imine (C=N–C) groups is 1. The number of benzene rings is 4. The minimum atomic E-state index is -0.0610. The lowest BCUT2D eigenvalue weighted by atomic mass is 9.91. The minimum absolute atomic E-state index is 0.0610. The van der Waals surface area contributed by atoms with Gasteiger partial charge in [-0.25, -0.2) is 0 Å². The average molecular weight is 492 g/mol. The Balaban J connectivity index is 1.73. The second-order valence-corrected chi connectivity index (χ2v) is 8.64. The van der Waals surface area contributed by atoms with Crippen molar-refractivity contribution in [2.45, 2.75) is 6.04 Å². The number of amidine groups is 1. The number of halogens is 2. The topological polar surface area (TPSA) is 24.4 Å². The number of rotatable bonds is 2. The summed E-state index contributed by atoms with van der Waals surface area (Å²) in [6, 6.07) is 29.5. The minimum Gasteiger partial charge on any atom is -0.340 e. The highest BCUT2D eigenvalue weighted by Gasteiger charge is 2.25. The van der Waals surface area contributed by atoms with Gasteiger partial charge in [-0.3, -0.25) is 4.99 Å². The molecule has 5 rings (SSSR count). The molecule has 0 aromatic heterocycles. The molecular weight excluding hydrogens is 476 g/mol. The molecular formula is C24H16Br2N2. The fraction of sp³-hybridized carbons (Fsp3) is 0.0417. The first kappa shape index (κ1) is 17.7. The molecule has 2 nitrogen and oxygen atoms in total. The Bertz CT molecular complexity index is 1200. The lowest BCUT2D eigenvalue weighted by Crippen LogP contribution is -2.22. The van der Waals surface area contributed by atoms with E-state index in [0.29, 0.717) is 0 Å². The molecule has 28 heavy (non-hydrogen) atoms. The smallest absolute Gasteiger partial charge is 0.133 e. The van der Waals surface area contributed by atoms with Gasteiger partial charge in [0.05, 0.1) is 0 Å². The van der Waals surface area contributed by atoms with E-state index in [-0.39, 0.29) is 6.04 Å². The second-order valence-electron chi connectivity index (χ2n) is 6.81. The highest BCUT2D eigenvalue weighted by Crippen LogP contribution is 2.40. The molecule has 4 aromatic rings. The van der Waals surface area contributed by atoms with Crippen molar-refractivity contribution in [1.82, 2.24) is 0 Å². The molecule has 1 unspecified atom stereocenters. The molecule has 4 aromatic carbocycles. The standard InChI is InChI=1S/C24H16Br2N2/c25-18-10-5-16(6-11-18)23-22-20-4-2-1-3-15(20)9-14-21(22)27-24(28-23)17-7-12-19(26)13-8-17/h1-14,23H,(H,27,28). The van der Waals surface area contributed by atoms with Gasteiger partial charge in [0, 0.05) is 25.8 Å². The lowest BCUT2D eigenvalue weighted by molar-refractivity contribution is 0.872. The predicted molar refractivity (Wildman–Crippen MR) is 124 cm³/mol. The van der Waals surface area contributed by atoms with Gasteiger partial charge in [-0.2, -0.15) is 0 Å². The number of nitrogens with zero attached hydrogens (tertiary/aromatic N) is 1. The molecule has 0 saturated carbocycles. The maximum absolute atomic E-state index is 5.15. The zero-order valence-electron chi connectivity index (χ0n) is 14.9. The van der Waals surface area contributed by atoms with Gasteiger partial charge in [-0.15, -0.1) is 0 Å². The molecule has 0 bridgehead atoms. The summed E-state index contributed by atoms with van der Waals surface area (Å²) in [6.07, 6.45) is 0. The summed E-state index contributed by atoms with van der Waals surface area (Å²) in [5, 5.41) is 6.03. The molecule has 0 aliphatic carbocycles. The summed E-state index contributed by atoms with van der Waals surface area (Å²) in [5.41, 5.74) is 4.59. The van der Waals surface area contributed by atoms with Crippen molar-refractivity contribution in [2.24, 2.45) is 4.99 Å². The molecule has 1 N–H and O–H groups in total. The van der Waals surface area contributed by atoms with Gasteiger partial charge in [-0.05, 0) is 46.7 Å². The Kier molecular flexibility index (Phi) is 4.53. The first-order valence-electron chi connectivity index (χ1n) is 9.07. The number of anilines is 1. The monoisotopic (exact) mass is 490 g/mol. The SMILES string of the molecule is Brc1ccc(C2=NC(c3ccc(Br)cc3)c3c(ccc4ccccc34)N2)cc1. The zero-order valence-corrected chi connectivity index (χ0v) is 18.0. The Labute approximate surface area is 180 Å². The van der Waals surface area contributed by atoms with Crippen LogP contribution in [0, 0.1) is 0 Å². The van der Waals surface area contributed by atoms with Gasteiger partial charge in [0.1, 0.15) is 11.9 Å². The summed E-state index contributed by atoms with van der Waals surface area (Å²) in [6.45, 7) is 0. The van der Waals surface area contributed by atoms with Crippen LogP contribution in [-0.4, -0.2) is 5.84 Å². The summed E-state index contributed by atoms with van der Waals surface area (Å²) in [7, 11) is 0. The predicted octanol–water partition coefficient (Wildman–Crippen LogP) is 7.33. The van der Waals surface area contributed by atoms with Gasteiger partial charge >= 0.3 is 0 Å². The number of nitrogens with one attached hydrogen (secondary N) is 1. The van der Waals surface area contributed by atoms with Crippen molar-refractivity contribution in [2.75, 3.05) is 5.32 Å². The summed E-state index contributed by atoms with van der Waals surface area (Å²) in [5.74, 6) is 0.892. The fourth-order valence-corrected chi connectivity index (χ4v) is 4.22. The lowest BCUT2D eigenvalue weighted by Gasteiger charge is -2.27. The van der Waals surface area contributed by atoms with Crippen molar-refractivity contribution in [3.8, 4) is 0 Å². The quantitative estimate of drug-likeness (QED) is 0.312. The third-order valence-corrected chi connectivity index (χ3v) is 6.12. The van der Waals surface area contributed by atoms with Crippen molar-refractivity contribution in [3.05, 3.63) is 111 Å². The van der Waals surface area contributed by atoms with E-state index in [1.165, 1.54) is 21.9 Å². The van der Waals surface area contributed by atoms with Crippen LogP contribution >= 0.6 is 31.9 Å². The van der Waals surface area contributed by atoms with Crippen LogP contribution < -0.4 is 5.32 Å². The molecule has 0 saturated heterocycles. The van der Waals surface area contributed by atoms with Crippen LogP contribution in [0.5, 0.6) is 0 Å². The van der Waals surface area contributed by atoms with E-state index in [1.54, 1.807) is 0 Å². The number of hydrogen-bond acceptors (Lipinski definition) is 2. The fourth-order valence-electron chi connectivity index (χ4n) is 3.69. The largest absolute Gasteiger partial charge is 0.340 e. The average Bonchev–Trinajstić information content (AvgIpc) is 2.74. The van der Waals surface area contributed by atoms with Gasteiger partial charge < -0.3 is 5.32 Å². The summed E-state index contributed by atoms with van der Waals surface area (Å²) >= 11 is 7.06. The number of hydrogen-bond donors (Lipinski definition) is 1. The number of fused-ring (bicyclic) bond motifs is 3. The van der Waals surface area contributed by atoms with Crippen LogP contribution in [0.15, 0.2) is 98.9 Å². The van der Waals surface area contributed by atoms with E-state index in [2.05, 4.69) is 110 Å². The third kappa shape index (κ3) is 3.17.